The third-order valence-corrected chi connectivity index (χ3v) is 4.58. The van der Waals surface area contributed by atoms with Gasteiger partial charge in [0.25, 0.3) is 0 Å². The van der Waals surface area contributed by atoms with Crippen molar-refractivity contribution in [2.75, 3.05) is 0 Å². The van der Waals surface area contributed by atoms with Gasteiger partial charge in [-0.15, -0.1) is 6.58 Å². The minimum Gasteiger partial charge on any atom is -0.508 e. The fourth-order valence-corrected chi connectivity index (χ4v) is 3.38. The molecule has 0 fully saturated rings. The smallest absolute Gasteiger partial charge is 0.119 e. The monoisotopic (exact) mass is 310 g/mol. The molecule has 2 atom stereocenters. The predicted octanol–water partition coefficient (Wildman–Crippen LogP) is 5.51. The zero-order chi connectivity index (χ0) is 16.8. The molecule has 2 aromatic carbocycles. The number of phenolic OH excluding ortho intramolecular Hbond substituents is 2. The van der Waals surface area contributed by atoms with Crippen LogP contribution in [0.25, 0.3) is 0 Å². The van der Waals surface area contributed by atoms with Gasteiger partial charge >= 0.3 is 0 Å². The molecule has 0 saturated carbocycles. The third kappa shape index (κ3) is 3.95. The molecule has 0 aliphatic heterocycles. The van der Waals surface area contributed by atoms with Gasteiger partial charge in [0.1, 0.15) is 11.5 Å². The molecule has 0 aliphatic carbocycles. The second-order valence-electron chi connectivity index (χ2n) is 6.00. The summed E-state index contributed by atoms with van der Waals surface area (Å²) in [6.45, 7) is 8.17. The van der Waals surface area contributed by atoms with Crippen molar-refractivity contribution in [2.24, 2.45) is 0 Å². The molecule has 2 N–H and O–H groups in total. The maximum atomic E-state index is 9.99. The first-order valence-corrected chi connectivity index (χ1v) is 8.32. The fraction of sp³-hybridized carbons (Fsp3) is 0.333. The van der Waals surface area contributed by atoms with E-state index in [-0.39, 0.29) is 0 Å². The summed E-state index contributed by atoms with van der Waals surface area (Å²) in [5.74, 6) is 1.41. The lowest BCUT2D eigenvalue weighted by atomic mass is 9.78. The Bertz CT molecular complexity index is 643. The minimum absolute atomic E-state index is 0.301. The quantitative estimate of drug-likeness (QED) is 0.662. The van der Waals surface area contributed by atoms with Crippen molar-refractivity contribution in [2.45, 2.75) is 44.9 Å². The maximum absolute atomic E-state index is 9.99. The molecule has 0 spiro atoms. The van der Waals surface area contributed by atoms with Gasteiger partial charge in [0.2, 0.25) is 0 Å². The largest absolute Gasteiger partial charge is 0.508 e. The second-order valence-corrected chi connectivity index (χ2v) is 6.00. The number of aromatic hydroxyl groups is 2. The van der Waals surface area contributed by atoms with E-state index in [4.69, 9.17) is 0 Å². The van der Waals surface area contributed by atoms with Crippen LogP contribution in [0.1, 0.15) is 55.2 Å². The molecule has 0 bridgehead atoms. The molecule has 2 aromatic rings. The number of phenols is 2. The van der Waals surface area contributed by atoms with Crippen molar-refractivity contribution in [3.05, 3.63) is 71.8 Å². The molecule has 2 rings (SSSR count). The van der Waals surface area contributed by atoms with Crippen LogP contribution in [-0.4, -0.2) is 10.2 Å². The van der Waals surface area contributed by atoms with Crippen LogP contribution in [0.5, 0.6) is 11.5 Å². The van der Waals surface area contributed by atoms with E-state index >= 15 is 0 Å². The Kier molecular flexibility index (Phi) is 5.86. The molecule has 0 heterocycles. The van der Waals surface area contributed by atoms with Crippen LogP contribution in [0.4, 0.5) is 0 Å². The lowest BCUT2D eigenvalue weighted by molar-refractivity contribution is 0.466. The first kappa shape index (κ1) is 17.1. The number of allylic oxidation sites excluding steroid dienone is 1. The molecule has 0 aromatic heterocycles. The fourth-order valence-electron chi connectivity index (χ4n) is 3.38. The zero-order valence-corrected chi connectivity index (χ0v) is 14.0. The molecular weight excluding hydrogens is 284 g/mol. The van der Waals surface area contributed by atoms with Crippen LogP contribution >= 0.6 is 0 Å². The number of hydrogen-bond donors (Lipinski definition) is 2. The van der Waals surface area contributed by atoms with Gasteiger partial charge in [0, 0.05) is 0 Å². The Morgan fingerprint density at radius 1 is 0.913 bits per heavy atom. The van der Waals surface area contributed by atoms with Crippen molar-refractivity contribution < 1.29 is 10.2 Å². The minimum atomic E-state index is 0.301. The molecule has 2 nitrogen and oxygen atoms in total. The van der Waals surface area contributed by atoms with E-state index < -0.39 is 0 Å². The molecule has 0 saturated heterocycles. The lowest BCUT2D eigenvalue weighted by Gasteiger charge is -2.27. The highest BCUT2D eigenvalue weighted by molar-refractivity contribution is 5.40. The number of hydrogen-bond acceptors (Lipinski definition) is 2. The van der Waals surface area contributed by atoms with E-state index in [1.165, 1.54) is 11.1 Å². The summed E-state index contributed by atoms with van der Waals surface area (Å²) in [4.78, 5) is 0. The second kappa shape index (κ2) is 7.87. The van der Waals surface area contributed by atoms with Crippen molar-refractivity contribution >= 4 is 0 Å². The van der Waals surface area contributed by atoms with Crippen molar-refractivity contribution in [3.63, 3.8) is 0 Å². The Hall–Kier alpha value is -2.22. The lowest BCUT2D eigenvalue weighted by Crippen LogP contribution is -2.10. The predicted molar refractivity (Wildman–Crippen MR) is 96.2 cm³/mol. The molecule has 122 valence electrons. The molecule has 0 radical (unpaired) electrons. The van der Waals surface area contributed by atoms with E-state index in [9.17, 15) is 10.2 Å². The van der Waals surface area contributed by atoms with Crippen molar-refractivity contribution in [3.8, 4) is 11.5 Å². The number of benzene rings is 2. The summed E-state index contributed by atoms with van der Waals surface area (Å²) in [7, 11) is 0. The Morgan fingerprint density at radius 2 is 1.48 bits per heavy atom. The normalized spacial score (nSPS) is 13.5. The van der Waals surface area contributed by atoms with E-state index in [0.29, 0.717) is 29.8 Å². The van der Waals surface area contributed by atoms with Gasteiger partial charge in [-0.25, -0.2) is 0 Å². The van der Waals surface area contributed by atoms with Gasteiger partial charge in [0.15, 0.2) is 0 Å². The molecule has 23 heavy (non-hydrogen) atoms. The standard InChI is InChI=1S/C21H26O2/c1-4-7-17-14-16(10-13-21(17)23)20(6-3)19(5-2)15-8-11-18(22)12-9-15/h4,8-14,19-20,22-23H,1,5-7H2,2-3H3/t19-,20+/m0/s1. The number of rotatable bonds is 7. The topological polar surface area (TPSA) is 40.5 Å². The van der Waals surface area contributed by atoms with Gasteiger partial charge in [-0.3, -0.25) is 0 Å². The van der Waals surface area contributed by atoms with Crippen LogP contribution in [0, 0.1) is 0 Å². The summed E-state index contributed by atoms with van der Waals surface area (Å²) < 4.78 is 0. The summed E-state index contributed by atoms with van der Waals surface area (Å²) in [6.07, 6.45) is 4.54. The highest BCUT2D eigenvalue weighted by atomic mass is 16.3. The van der Waals surface area contributed by atoms with E-state index in [1.807, 2.05) is 24.3 Å². The highest BCUT2D eigenvalue weighted by Crippen LogP contribution is 2.39. The van der Waals surface area contributed by atoms with Crippen LogP contribution in [0.3, 0.4) is 0 Å². The summed E-state index contributed by atoms with van der Waals surface area (Å²) in [5.41, 5.74) is 3.43. The van der Waals surface area contributed by atoms with Gasteiger partial charge in [-0.1, -0.05) is 44.2 Å². The van der Waals surface area contributed by atoms with Crippen molar-refractivity contribution in [1.29, 1.82) is 0 Å². The van der Waals surface area contributed by atoms with Crippen LogP contribution < -0.4 is 0 Å². The van der Waals surface area contributed by atoms with E-state index in [1.54, 1.807) is 18.2 Å². The summed E-state index contributed by atoms with van der Waals surface area (Å²) in [5, 5.41) is 19.5. The Morgan fingerprint density at radius 3 is 2.04 bits per heavy atom. The molecular formula is C21H26O2. The summed E-state index contributed by atoms with van der Waals surface area (Å²) in [6, 6.07) is 13.5. The highest BCUT2D eigenvalue weighted by Gasteiger charge is 2.22. The average Bonchev–Trinajstić information content (AvgIpc) is 2.56. The van der Waals surface area contributed by atoms with Crippen molar-refractivity contribution in [1.82, 2.24) is 0 Å². The van der Waals surface area contributed by atoms with Crippen LogP contribution in [-0.2, 0) is 6.42 Å². The molecule has 0 amide bonds. The molecule has 0 aliphatic rings. The third-order valence-electron chi connectivity index (χ3n) is 4.58. The maximum Gasteiger partial charge on any atom is 0.119 e. The van der Waals surface area contributed by atoms with Gasteiger partial charge < -0.3 is 10.2 Å². The molecule has 0 unspecified atom stereocenters. The van der Waals surface area contributed by atoms with Gasteiger partial charge in [-0.05, 0) is 66.0 Å². The summed E-state index contributed by atoms with van der Waals surface area (Å²) >= 11 is 0. The zero-order valence-electron chi connectivity index (χ0n) is 14.0. The van der Waals surface area contributed by atoms with Gasteiger partial charge in [-0.2, -0.15) is 0 Å². The average molecular weight is 310 g/mol. The Balaban J connectivity index is 2.38. The van der Waals surface area contributed by atoms with Crippen LogP contribution in [0.15, 0.2) is 55.1 Å². The first-order valence-electron chi connectivity index (χ1n) is 8.32. The van der Waals surface area contributed by atoms with Crippen LogP contribution in [0.2, 0.25) is 0 Å². The van der Waals surface area contributed by atoms with E-state index in [2.05, 4.69) is 26.5 Å². The SMILES string of the molecule is C=CCc1cc([C@@H](CC)[C@@H](CC)c2ccc(O)cc2)ccc1O. The first-order chi connectivity index (χ1) is 11.1. The van der Waals surface area contributed by atoms with E-state index in [0.717, 1.165) is 18.4 Å². The Labute approximate surface area is 139 Å². The van der Waals surface area contributed by atoms with Gasteiger partial charge in [0.05, 0.1) is 0 Å². The molecule has 2 heteroatoms.